The molecule has 0 saturated carbocycles. The van der Waals surface area contributed by atoms with Gasteiger partial charge in [-0.15, -0.1) is 0 Å². The minimum Gasteiger partial charge on any atom is -0.399 e. The molecular weight excluding hydrogens is 176 g/mol. The summed E-state index contributed by atoms with van der Waals surface area (Å²) in [6, 6.07) is 5.70. The SMILES string of the molecule is CC1Cc2cc(N)ccc2N(C)C1=O. The quantitative estimate of drug-likeness (QED) is 0.629. The van der Waals surface area contributed by atoms with E-state index in [0.29, 0.717) is 0 Å². The molecule has 1 amide bonds. The summed E-state index contributed by atoms with van der Waals surface area (Å²) >= 11 is 0. The number of nitrogens with zero attached hydrogens (tertiary/aromatic N) is 1. The van der Waals surface area contributed by atoms with Crippen molar-refractivity contribution in [2.75, 3.05) is 17.7 Å². The largest absolute Gasteiger partial charge is 0.399 e. The van der Waals surface area contributed by atoms with Crippen LogP contribution in [-0.4, -0.2) is 13.0 Å². The van der Waals surface area contributed by atoms with Crippen LogP contribution in [0.2, 0.25) is 0 Å². The topological polar surface area (TPSA) is 46.3 Å². The first kappa shape index (κ1) is 9.06. The zero-order valence-corrected chi connectivity index (χ0v) is 8.45. The molecule has 1 aromatic rings. The van der Waals surface area contributed by atoms with Crippen molar-refractivity contribution in [2.45, 2.75) is 13.3 Å². The van der Waals surface area contributed by atoms with Crippen LogP contribution in [0.1, 0.15) is 12.5 Å². The van der Waals surface area contributed by atoms with Crippen molar-refractivity contribution in [3.63, 3.8) is 0 Å². The zero-order chi connectivity index (χ0) is 10.3. The molecular formula is C11H14N2O. The number of anilines is 2. The Balaban J connectivity index is 2.50. The van der Waals surface area contributed by atoms with Crippen molar-refractivity contribution in [3.05, 3.63) is 23.8 Å². The third-order valence-corrected chi connectivity index (χ3v) is 2.74. The highest BCUT2D eigenvalue weighted by molar-refractivity contribution is 5.97. The second-order valence-electron chi connectivity index (χ2n) is 3.89. The summed E-state index contributed by atoms with van der Waals surface area (Å²) in [5.74, 6) is 0.247. The van der Waals surface area contributed by atoms with Crippen LogP contribution in [0, 0.1) is 5.92 Å². The standard InChI is InChI=1S/C11H14N2O/c1-7-5-8-6-9(12)3-4-10(8)13(2)11(7)14/h3-4,6-7H,5,12H2,1-2H3. The van der Waals surface area contributed by atoms with Crippen LogP contribution in [-0.2, 0) is 11.2 Å². The summed E-state index contributed by atoms with van der Waals surface area (Å²) in [5.41, 5.74) is 8.62. The van der Waals surface area contributed by atoms with Crippen LogP contribution in [0.4, 0.5) is 11.4 Å². The average Bonchev–Trinajstić information content (AvgIpc) is 2.14. The molecule has 0 aliphatic carbocycles. The molecule has 0 radical (unpaired) electrons. The van der Waals surface area contributed by atoms with Crippen LogP contribution in [0.15, 0.2) is 18.2 Å². The van der Waals surface area contributed by atoms with E-state index in [0.717, 1.165) is 17.8 Å². The summed E-state index contributed by atoms with van der Waals surface area (Å²) in [6.45, 7) is 1.95. The maximum Gasteiger partial charge on any atom is 0.229 e. The normalized spacial score (nSPS) is 20.9. The van der Waals surface area contributed by atoms with Gasteiger partial charge in [-0.1, -0.05) is 6.92 Å². The molecule has 1 aliphatic rings. The highest BCUT2D eigenvalue weighted by Gasteiger charge is 2.26. The second kappa shape index (κ2) is 3.01. The summed E-state index contributed by atoms with van der Waals surface area (Å²) in [5, 5.41) is 0. The van der Waals surface area contributed by atoms with Gasteiger partial charge in [0.1, 0.15) is 0 Å². The Morgan fingerprint density at radius 1 is 1.50 bits per heavy atom. The Bertz CT molecular complexity index is 387. The molecule has 2 N–H and O–H groups in total. The lowest BCUT2D eigenvalue weighted by atomic mass is 9.93. The predicted octanol–water partition coefficient (Wildman–Crippen LogP) is 1.42. The lowest BCUT2D eigenvalue weighted by molar-refractivity contribution is -0.121. The van der Waals surface area contributed by atoms with Crippen molar-refractivity contribution in [1.29, 1.82) is 0 Å². The first-order valence-corrected chi connectivity index (χ1v) is 4.75. The number of amides is 1. The molecule has 0 aromatic heterocycles. The number of carbonyl (C=O) groups excluding carboxylic acids is 1. The minimum atomic E-state index is 0.0642. The van der Waals surface area contributed by atoms with E-state index in [2.05, 4.69) is 0 Å². The number of nitrogen functional groups attached to an aromatic ring is 1. The van der Waals surface area contributed by atoms with Gasteiger partial charge in [-0.3, -0.25) is 4.79 Å². The van der Waals surface area contributed by atoms with E-state index in [1.165, 1.54) is 5.56 Å². The van der Waals surface area contributed by atoms with Crippen molar-refractivity contribution in [2.24, 2.45) is 5.92 Å². The molecule has 0 spiro atoms. The molecule has 1 atom stereocenters. The molecule has 0 saturated heterocycles. The van der Waals surface area contributed by atoms with Crippen LogP contribution < -0.4 is 10.6 Å². The molecule has 1 aliphatic heterocycles. The average molecular weight is 190 g/mol. The van der Waals surface area contributed by atoms with Gasteiger partial charge in [0.15, 0.2) is 0 Å². The van der Waals surface area contributed by atoms with Gasteiger partial charge in [-0.25, -0.2) is 0 Å². The van der Waals surface area contributed by atoms with Crippen LogP contribution in [0.3, 0.4) is 0 Å². The highest BCUT2D eigenvalue weighted by Crippen LogP contribution is 2.30. The number of hydrogen-bond acceptors (Lipinski definition) is 2. The van der Waals surface area contributed by atoms with E-state index in [1.54, 1.807) is 4.90 Å². The first-order valence-electron chi connectivity index (χ1n) is 4.75. The molecule has 3 heteroatoms. The van der Waals surface area contributed by atoms with Gasteiger partial charge in [0, 0.05) is 24.3 Å². The third-order valence-electron chi connectivity index (χ3n) is 2.74. The molecule has 1 unspecified atom stereocenters. The number of hydrogen-bond donors (Lipinski definition) is 1. The first-order chi connectivity index (χ1) is 6.59. The lowest BCUT2D eigenvalue weighted by Crippen LogP contribution is -2.37. The number of fused-ring (bicyclic) bond motifs is 1. The summed E-state index contributed by atoms with van der Waals surface area (Å²) in [6.07, 6.45) is 0.795. The Labute approximate surface area is 83.5 Å². The Kier molecular flexibility index (Phi) is 1.95. The number of benzene rings is 1. The fourth-order valence-corrected chi connectivity index (χ4v) is 1.96. The minimum absolute atomic E-state index is 0.0642. The highest BCUT2D eigenvalue weighted by atomic mass is 16.2. The van der Waals surface area contributed by atoms with E-state index in [9.17, 15) is 4.79 Å². The van der Waals surface area contributed by atoms with Gasteiger partial charge in [0.2, 0.25) is 5.91 Å². The maximum atomic E-state index is 11.7. The summed E-state index contributed by atoms with van der Waals surface area (Å²) < 4.78 is 0. The molecule has 1 heterocycles. The van der Waals surface area contributed by atoms with E-state index in [-0.39, 0.29) is 11.8 Å². The lowest BCUT2D eigenvalue weighted by Gasteiger charge is -2.29. The van der Waals surface area contributed by atoms with Gasteiger partial charge >= 0.3 is 0 Å². The third kappa shape index (κ3) is 1.25. The van der Waals surface area contributed by atoms with E-state index in [1.807, 2.05) is 32.2 Å². The fraction of sp³-hybridized carbons (Fsp3) is 0.364. The zero-order valence-electron chi connectivity index (χ0n) is 8.45. The van der Waals surface area contributed by atoms with Crippen LogP contribution in [0.25, 0.3) is 0 Å². The Morgan fingerprint density at radius 2 is 2.21 bits per heavy atom. The molecule has 0 bridgehead atoms. The second-order valence-corrected chi connectivity index (χ2v) is 3.89. The molecule has 3 nitrogen and oxygen atoms in total. The number of rotatable bonds is 0. The molecule has 74 valence electrons. The molecule has 0 fully saturated rings. The smallest absolute Gasteiger partial charge is 0.229 e. The van der Waals surface area contributed by atoms with Crippen molar-refractivity contribution < 1.29 is 4.79 Å². The molecule has 14 heavy (non-hydrogen) atoms. The van der Waals surface area contributed by atoms with E-state index >= 15 is 0 Å². The summed E-state index contributed by atoms with van der Waals surface area (Å²) in [7, 11) is 1.81. The van der Waals surface area contributed by atoms with Crippen molar-refractivity contribution in [1.82, 2.24) is 0 Å². The van der Waals surface area contributed by atoms with Gasteiger partial charge in [-0.05, 0) is 30.2 Å². The van der Waals surface area contributed by atoms with Crippen molar-refractivity contribution >= 4 is 17.3 Å². The van der Waals surface area contributed by atoms with Gasteiger partial charge in [-0.2, -0.15) is 0 Å². The maximum absolute atomic E-state index is 11.7. The van der Waals surface area contributed by atoms with E-state index < -0.39 is 0 Å². The predicted molar refractivity (Wildman–Crippen MR) is 57.1 cm³/mol. The Morgan fingerprint density at radius 3 is 2.93 bits per heavy atom. The van der Waals surface area contributed by atoms with Gasteiger partial charge in [0.25, 0.3) is 0 Å². The van der Waals surface area contributed by atoms with Gasteiger partial charge in [0.05, 0.1) is 0 Å². The number of nitrogens with two attached hydrogens (primary N) is 1. The van der Waals surface area contributed by atoms with Crippen LogP contribution in [0.5, 0.6) is 0 Å². The molecule has 2 rings (SSSR count). The fourth-order valence-electron chi connectivity index (χ4n) is 1.96. The van der Waals surface area contributed by atoms with Gasteiger partial charge < -0.3 is 10.6 Å². The van der Waals surface area contributed by atoms with Crippen LogP contribution >= 0.6 is 0 Å². The monoisotopic (exact) mass is 190 g/mol. The van der Waals surface area contributed by atoms with Crippen molar-refractivity contribution in [3.8, 4) is 0 Å². The molecule has 1 aromatic carbocycles. The summed E-state index contributed by atoms with van der Waals surface area (Å²) in [4.78, 5) is 13.4. The Hall–Kier alpha value is -1.51. The number of carbonyl (C=O) groups is 1. The van der Waals surface area contributed by atoms with E-state index in [4.69, 9.17) is 5.73 Å².